The Labute approximate surface area is 108 Å². The predicted octanol–water partition coefficient (Wildman–Crippen LogP) is 3.40. The highest BCUT2D eigenvalue weighted by Gasteiger charge is 2.14. The summed E-state index contributed by atoms with van der Waals surface area (Å²) >= 11 is 0. The Kier molecular flexibility index (Phi) is 4.11. The molecule has 0 spiro atoms. The largest absolute Gasteiger partial charge is 0.330 e. The van der Waals surface area contributed by atoms with Crippen molar-refractivity contribution < 1.29 is 4.79 Å². The second-order valence-corrected chi connectivity index (χ2v) is 4.76. The van der Waals surface area contributed by atoms with Gasteiger partial charge in [0.15, 0.2) is 5.78 Å². The number of fused-ring (bicyclic) bond motifs is 1. The molecule has 0 bridgehead atoms. The Morgan fingerprint density at radius 3 is 2.61 bits per heavy atom. The van der Waals surface area contributed by atoms with Gasteiger partial charge in [-0.15, -0.1) is 0 Å². The fourth-order valence-corrected chi connectivity index (χ4v) is 2.18. The van der Waals surface area contributed by atoms with Crippen LogP contribution in [0.5, 0.6) is 0 Å². The second-order valence-electron chi connectivity index (χ2n) is 4.76. The first-order valence-corrected chi connectivity index (χ1v) is 6.45. The average Bonchev–Trinajstić information content (AvgIpc) is 2.43. The van der Waals surface area contributed by atoms with Crippen LogP contribution in [-0.2, 0) is 0 Å². The van der Waals surface area contributed by atoms with Gasteiger partial charge >= 0.3 is 0 Å². The Morgan fingerprint density at radius 1 is 1.17 bits per heavy atom. The Bertz CT molecular complexity index is 548. The molecule has 2 aromatic rings. The van der Waals surface area contributed by atoms with Gasteiger partial charge in [-0.1, -0.05) is 43.3 Å². The quantitative estimate of drug-likeness (QED) is 0.815. The number of hydrogen-bond donors (Lipinski definition) is 1. The maximum atomic E-state index is 12.3. The number of hydrogen-bond acceptors (Lipinski definition) is 2. The van der Waals surface area contributed by atoms with Crippen molar-refractivity contribution in [2.75, 3.05) is 6.54 Å². The molecule has 0 aliphatic carbocycles. The van der Waals surface area contributed by atoms with Crippen molar-refractivity contribution in [1.29, 1.82) is 0 Å². The van der Waals surface area contributed by atoms with Gasteiger partial charge in [0.25, 0.3) is 0 Å². The number of ketones is 1. The van der Waals surface area contributed by atoms with E-state index in [-0.39, 0.29) is 11.7 Å². The number of carbonyl (C=O) groups is 1. The van der Waals surface area contributed by atoms with E-state index in [1.54, 1.807) is 0 Å². The van der Waals surface area contributed by atoms with Crippen molar-refractivity contribution in [3.05, 3.63) is 48.0 Å². The van der Waals surface area contributed by atoms with Crippen LogP contribution in [0.2, 0.25) is 0 Å². The number of carbonyl (C=O) groups excluding carboxylic acids is 1. The predicted molar refractivity (Wildman–Crippen MR) is 75.7 cm³/mol. The molecule has 2 heteroatoms. The van der Waals surface area contributed by atoms with E-state index in [1.165, 1.54) is 5.39 Å². The lowest BCUT2D eigenvalue weighted by molar-refractivity contribution is 0.0923. The summed E-state index contributed by atoms with van der Waals surface area (Å²) in [6.07, 6.45) is 1.77. The number of nitrogens with two attached hydrogens (primary N) is 1. The molecule has 0 saturated heterocycles. The van der Waals surface area contributed by atoms with E-state index in [2.05, 4.69) is 6.07 Å². The van der Waals surface area contributed by atoms with Gasteiger partial charge in [0.05, 0.1) is 0 Å². The van der Waals surface area contributed by atoms with Crippen molar-refractivity contribution in [2.45, 2.75) is 19.8 Å². The number of Topliss-reactive ketones (excluding diaryl/α,β-unsaturated/α-hetero) is 1. The van der Waals surface area contributed by atoms with Gasteiger partial charge in [0, 0.05) is 11.5 Å². The van der Waals surface area contributed by atoms with E-state index in [9.17, 15) is 4.79 Å². The molecule has 0 aliphatic heterocycles. The summed E-state index contributed by atoms with van der Waals surface area (Å²) in [7, 11) is 0. The molecule has 18 heavy (non-hydrogen) atoms. The molecule has 1 unspecified atom stereocenters. The first kappa shape index (κ1) is 12.8. The summed E-state index contributed by atoms with van der Waals surface area (Å²) in [4.78, 5) is 12.3. The van der Waals surface area contributed by atoms with Crippen LogP contribution in [0.1, 0.15) is 30.1 Å². The minimum atomic E-state index is 0.0507. The molecule has 0 heterocycles. The highest BCUT2D eigenvalue weighted by Crippen LogP contribution is 2.19. The molecule has 94 valence electrons. The van der Waals surface area contributed by atoms with Crippen molar-refractivity contribution in [2.24, 2.45) is 11.7 Å². The first-order valence-electron chi connectivity index (χ1n) is 6.45. The molecule has 2 N–H and O–H groups in total. The lowest BCUT2D eigenvalue weighted by atomic mass is 9.94. The second kappa shape index (κ2) is 5.78. The van der Waals surface area contributed by atoms with Crippen LogP contribution in [0, 0.1) is 5.92 Å². The van der Waals surface area contributed by atoms with Gasteiger partial charge in [0.1, 0.15) is 0 Å². The van der Waals surface area contributed by atoms with Crippen LogP contribution in [0.25, 0.3) is 10.8 Å². The lowest BCUT2D eigenvalue weighted by Crippen LogP contribution is -2.13. The monoisotopic (exact) mass is 241 g/mol. The fourth-order valence-electron chi connectivity index (χ4n) is 2.18. The van der Waals surface area contributed by atoms with Crippen LogP contribution in [-0.4, -0.2) is 12.3 Å². The van der Waals surface area contributed by atoms with Gasteiger partial charge in [-0.25, -0.2) is 0 Å². The minimum Gasteiger partial charge on any atom is -0.330 e. The van der Waals surface area contributed by atoms with E-state index in [1.807, 2.05) is 43.3 Å². The smallest absolute Gasteiger partial charge is 0.165 e. The summed E-state index contributed by atoms with van der Waals surface area (Å²) in [6, 6.07) is 14.0. The van der Waals surface area contributed by atoms with E-state index >= 15 is 0 Å². The number of benzene rings is 2. The molecule has 0 fully saturated rings. The molecule has 0 aliphatic rings. The zero-order chi connectivity index (χ0) is 13.0. The first-order chi connectivity index (χ1) is 8.72. The molecule has 2 aromatic carbocycles. The van der Waals surface area contributed by atoms with Gasteiger partial charge in [-0.05, 0) is 36.2 Å². The zero-order valence-corrected chi connectivity index (χ0v) is 10.7. The van der Waals surface area contributed by atoms with Crippen LogP contribution >= 0.6 is 0 Å². The van der Waals surface area contributed by atoms with Crippen molar-refractivity contribution in [3.63, 3.8) is 0 Å². The average molecular weight is 241 g/mol. The third kappa shape index (κ3) is 2.77. The van der Waals surface area contributed by atoms with E-state index < -0.39 is 0 Å². The highest BCUT2D eigenvalue weighted by atomic mass is 16.1. The Morgan fingerprint density at radius 2 is 1.89 bits per heavy atom. The summed E-state index contributed by atoms with van der Waals surface area (Å²) in [5.74, 6) is 0.268. The SMILES string of the molecule is CC(CCCN)C(=O)c1ccc2ccccc2c1. The molecule has 0 saturated carbocycles. The standard InChI is InChI=1S/C16H19NO/c1-12(5-4-10-17)16(18)15-9-8-13-6-2-3-7-14(13)11-15/h2-3,6-9,11-12H,4-5,10,17H2,1H3. The molecule has 0 radical (unpaired) electrons. The van der Waals surface area contributed by atoms with Gasteiger partial charge in [0.2, 0.25) is 0 Å². The van der Waals surface area contributed by atoms with E-state index in [4.69, 9.17) is 5.73 Å². The summed E-state index contributed by atoms with van der Waals surface area (Å²) in [5.41, 5.74) is 6.28. The van der Waals surface area contributed by atoms with E-state index in [0.717, 1.165) is 23.8 Å². The Hall–Kier alpha value is -1.67. The molecule has 0 aromatic heterocycles. The summed E-state index contributed by atoms with van der Waals surface area (Å²) in [6.45, 7) is 2.63. The highest BCUT2D eigenvalue weighted by molar-refractivity contribution is 6.01. The van der Waals surface area contributed by atoms with Crippen LogP contribution in [0.15, 0.2) is 42.5 Å². The van der Waals surface area contributed by atoms with Gasteiger partial charge in [-0.2, -0.15) is 0 Å². The Balaban J connectivity index is 2.22. The van der Waals surface area contributed by atoms with Crippen molar-refractivity contribution in [3.8, 4) is 0 Å². The van der Waals surface area contributed by atoms with Gasteiger partial charge < -0.3 is 5.73 Å². The van der Waals surface area contributed by atoms with Crippen molar-refractivity contribution >= 4 is 16.6 Å². The minimum absolute atomic E-state index is 0.0507. The molecule has 0 amide bonds. The molecule has 2 rings (SSSR count). The fraction of sp³-hybridized carbons (Fsp3) is 0.312. The summed E-state index contributed by atoms with van der Waals surface area (Å²) in [5, 5.41) is 2.29. The zero-order valence-electron chi connectivity index (χ0n) is 10.7. The third-order valence-corrected chi connectivity index (χ3v) is 3.32. The van der Waals surface area contributed by atoms with E-state index in [0.29, 0.717) is 6.54 Å². The van der Waals surface area contributed by atoms with Crippen LogP contribution in [0.3, 0.4) is 0 Å². The normalized spacial score (nSPS) is 12.6. The molecular formula is C16H19NO. The van der Waals surface area contributed by atoms with Gasteiger partial charge in [-0.3, -0.25) is 4.79 Å². The van der Waals surface area contributed by atoms with Crippen molar-refractivity contribution in [1.82, 2.24) is 0 Å². The molecule has 1 atom stereocenters. The summed E-state index contributed by atoms with van der Waals surface area (Å²) < 4.78 is 0. The maximum absolute atomic E-state index is 12.3. The maximum Gasteiger partial charge on any atom is 0.165 e. The topological polar surface area (TPSA) is 43.1 Å². The molecule has 2 nitrogen and oxygen atoms in total. The number of rotatable bonds is 5. The molecular weight excluding hydrogens is 222 g/mol. The lowest BCUT2D eigenvalue weighted by Gasteiger charge is -2.10. The third-order valence-electron chi connectivity index (χ3n) is 3.32. The van der Waals surface area contributed by atoms with Crippen LogP contribution < -0.4 is 5.73 Å². The van der Waals surface area contributed by atoms with Crippen LogP contribution in [0.4, 0.5) is 0 Å².